The summed E-state index contributed by atoms with van der Waals surface area (Å²) in [6.45, 7) is 2.62. The highest BCUT2D eigenvalue weighted by Crippen LogP contribution is 2.27. The fraction of sp³-hybridized carbons (Fsp3) is 0.500. The van der Waals surface area contributed by atoms with E-state index in [0.717, 1.165) is 13.1 Å². The first-order valence-corrected chi connectivity index (χ1v) is 8.64. The molecular formula is C18H23N3O4. The minimum absolute atomic E-state index is 0.152. The number of carbonyl (C=O) groups excluding carboxylic acids is 3. The van der Waals surface area contributed by atoms with Gasteiger partial charge >= 0.3 is 0 Å². The molecular weight excluding hydrogens is 322 g/mol. The van der Waals surface area contributed by atoms with Gasteiger partial charge in [-0.05, 0) is 25.0 Å². The molecule has 1 aliphatic carbocycles. The molecule has 1 saturated carbocycles. The van der Waals surface area contributed by atoms with Gasteiger partial charge in [0.15, 0.2) is 6.61 Å². The van der Waals surface area contributed by atoms with Crippen LogP contribution in [-0.2, 0) is 14.4 Å². The first-order valence-electron chi connectivity index (χ1n) is 8.64. The third kappa shape index (κ3) is 5.03. The monoisotopic (exact) mass is 345 g/mol. The lowest BCUT2D eigenvalue weighted by Gasteiger charge is -2.34. The van der Waals surface area contributed by atoms with Gasteiger partial charge in [0.05, 0.1) is 6.54 Å². The highest BCUT2D eigenvalue weighted by molar-refractivity contribution is 6.37. The number of ketones is 1. The number of para-hydroxylation sites is 1. The van der Waals surface area contributed by atoms with Gasteiger partial charge in [-0.1, -0.05) is 18.2 Å². The number of hydrogen-bond donors (Lipinski definition) is 1. The van der Waals surface area contributed by atoms with E-state index in [4.69, 9.17) is 4.74 Å². The van der Waals surface area contributed by atoms with Crippen LogP contribution in [0.1, 0.15) is 12.8 Å². The van der Waals surface area contributed by atoms with Gasteiger partial charge in [0.2, 0.25) is 5.91 Å². The molecule has 2 amide bonds. The van der Waals surface area contributed by atoms with Crippen LogP contribution in [-0.4, -0.2) is 72.8 Å². The minimum Gasteiger partial charge on any atom is -0.485 e. The highest BCUT2D eigenvalue weighted by Gasteiger charge is 2.32. The van der Waals surface area contributed by atoms with Crippen molar-refractivity contribution in [3.8, 4) is 5.75 Å². The van der Waals surface area contributed by atoms with Crippen LogP contribution in [0, 0.1) is 0 Å². The first kappa shape index (κ1) is 17.4. The number of amides is 2. The van der Waals surface area contributed by atoms with E-state index in [2.05, 4.69) is 10.2 Å². The smallest absolute Gasteiger partial charge is 0.291 e. The van der Waals surface area contributed by atoms with Gasteiger partial charge in [-0.3, -0.25) is 19.3 Å². The standard InChI is InChI=1S/C18H23N3O4/c22-16(13-25-15-4-2-1-3-5-15)18(24)19-12-17(23)21-10-8-20(9-11-21)14-6-7-14/h1-5,14H,6-13H2,(H,19,24). The topological polar surface area (TPSA) is 78.9 Å². The number of ether oxygens (including phenoxy) is 1. The van der Waals surface area contributed by atoms with Crippen molar-refractivity contribution in [3.05, 3.63) is 30.3 Å². The molecule has 0 radical (unpaired) electrons. The molecule has 0 atom stereocenters. The number of hydrogen-bond acceptors (Lipinski definition) is 5. The fourth-order valence-corrected chi connectivity index (χ4v) is 2.87. The number of piperazine rings is 1. The molecule has 3 rings (SSSR count). The summed E-state index contributed by atoms with van der Waals surface area (Å²) in [5, 5.41) is 2.39. The summed E-state index contributed by atoms with van der Waals surface area (Å²) in [6.07, 6.45) is 2.52. The first-order chi connectivity index (χ1) is 12.1. The number of nitrogens with zero attached hydrogens (tertiary/aromatic N) is 2. The van der Waals surface area contributed by atoms with Gasteiger partial charge in [0.25, 0.3) is 11.7 Å². The van der Waals surface area contributed by atoms with Crippen molar-refractivity contribution in [1.82, 2.24) is 15.1 Å². The van der Waals surface area contributed by atoms with Crippen LogP contribution in [0.3, 0.4) is 0 Å². The van der Waals surface area contributed by atoms with Crippen LogP contribution in [0.5, 0.6) is 5.75 Å². The van der Waals surface area contributed by atoms with E-state index in [-0.39, 0.29) is 19.1 Å². The van der Waals surface area contributed by atoms with Crippen molar-refractivity contribution in [2.75, 3.05) is 39.3 Å². The van der Waals surface area contributed by atoms with Crippen molar-refractivity contribution in [3.63, 3.8) is 0 Å². The average Bonchev–Trinajstić information content (AvgIpc) is 3.50. The van der Waals surface area contributed by atoms with Crippen molar-refractivity contribution in [2.45, 2.75) is 18.9 Å². The van der Waals surface area contributed by atoms with Crippen LogP contribution in [0.25, 0.3) is 0 Å². The summed E-state index contributed by atoms with van der Waals surface area (Å²) in [7, 11) is 0. The second kappa shape index (κ2) is 8.11. The number of nitrogens with one attached hydrogen (secondary N) is 1. The zero-order chi connectivity index (χ0) is 17.6. The van der Waals surface area contributed by atoms with E-state index in [1.807, 2.05) is 6.07 Å². The van der Waals surface area contributed by atoms with Crippen molar-refractivity contribution in [2.24, 2.45) is 0 Å². The number of benzene rings is 1. The van der Waals surface area contributed by atoms with Crippen molar-refractivity contribution < 1.29 is 19.1 Å². The van der Waals surface area contributed by atoms with E-state index in [1.165, 1.54) is 12.8 Å². The lowest BCUT2D eigenvalue weighted by Crippen LogP contribution is -2.52. The van der Waals surface area contributed by atoms with Crippen molar-refractivity contribution in [1.29, 1.82) is 0 Å². The maximum absolute atomic E-state index is 12.1. The van der Waals surface area contributed by atoms with Gasteiger partial charge in [-0.25, -0.2) is 0 Å². The van der Waals surface area contributed by atoms with Gasteiger partial charge in [-0.2, -0.15) is 0 Å². The molecule has 0 spiro atoms. The highest BCUT2D eigenvalue weighted by atomic mass is 16.5. The number of rotatable bonds is 7. The molecule has 0 bridgehead atoms. The third-order valence-corrected chi connectivity index (χ3v) is 4.50. The van der Waals surface area contributed by atoms with Gasteiger partial charge in [-0.15, -0.1) is 0 Å². The second-order valence-corrected chi connectivity index (χ2v) is 6.36. The normalized spacial score (nSPS) is 17.8. The van der Waals surface area contributed by atoms with E-state index >= 15 is 0 Å². The SMILES string of the molecule is O=C(COc1ccccc1)C(=O)NCC(=O)N1CCN(C2CC2)CC1. The van der Waals surface area contributed by atoms with E-state index in [9.17, 15) is 14.4 Å². The van der Waals surface area contributed by atoms with Crippen LogP contribution < -0.4 is 10.1 Å². The summed E-state index contributed by atoms with van der Waals surface area (Å²) in [4.78, 5) is 39.8. The molecule has 1 N–H and O–H groups in total. The second-order valence-electron chi connectivity index (χ2n) is 6.36. The number of carbonyl (C=O) groups is 3. The molecule has 7 nitrogen and oxygen atoms in total. The summed E-state index contributed by atoms with van der Waals surface area (Å²) >= 11 is 0. The molecule has 0 aromatic heterocycles. The fourth-order valence-electron chi connectivity index (χ4n) is 2.87. The molecule has 134 valence electrons. The Balaban J connectivity index is 1.35. The van der Waals surface area contributed by atoms with Gasteiger partial charge in [0.1, 0.15) is 5.75 Å². The molecule has 1 saturated heterocycles. The zero-order valence-corrected chi connectivity index (χ0v) is 14.1. The average molecular weight is 345 g/mol. The molecule has 2 aliphatic rings. The molecule has 1 aromatic rings. The summed E-state index contributed by atoms with van der Waals surface area (Å²) < 4.78 is 5.24. The Labute approximate surface area is 146 Å². The molecule has 2 fully saturated rings. The Bertz CT molecular complexity index is 622. The lowest BCUT2D eigenvalue weighted by molar-refractivity contribution is -0.140. The quantitative estimate of drug-likeness (QED) is 0.707. The maximum atomic E-state index is 12.1. The molecule has 7 heteroatoms. The molecule has 1 heterocycles. The Hall–Kier alpha value is -2.41. The maximum Gasteiger partial charge on any atom is 0.291 e. The Kier molecular flexibility index (Phi) is 5.65. The number of Topliss-reactive ketones (excluding diaryl/α,β-unsaturated/α-hetero) is 1. The summed E-state index contributed by atoms with van der Waals surface area (Å²) in [6, 6.07) is 9.51. The van der Waals surface area contributed by atoms with E-state index in [0.29, 0.717) is 24.9 Å². The van der Waals surface area contributed by atoms with E-state index in [1.54, 1.807) is 29.2 Å². The van der Waals surface area contributed by atoms with Gasteiger partial charge in [0, 0.05) is 32.2 Å². The van der Waals surface area contributed by atoms with Crippen LogP contribution in [0.15, 0.2) is 30.3 Å². The predicted molar refractivity (Wildman–Crippen MR) is 91.1 cm³/mol. The van der Waals surface area contributed by atoms with Gasteiger partial charge < -0.3 is 15.0 Å². The van der Waals surface area contributed by atoms with Crippen LogP contribution >= 0.6 is 0 Å². The summed E-state index contributed by atoms with van der Waals surface area (Å²) in [5.74, 6) is -1.12. The lowest BCUT2D eigenvalue weighted by atomic mass is 10.3. The molecule has 1 aliphatic heterocycles. The van der Waals surface area contributed by atoms with Crippen molar-refractivity contribution >= 4 is 17.6 Å². The zero-order valence-electron chi connectivity index (χ0n) is 14.1. The predicted octanol–water partition coefficient (Wildman–Crippen LogP) is 0.0573. The van der Waals surface area contributed by atoms with E-state index < -0.39 is 11.7 Å². The van der Waals surface area contributed by atoms with Crippen LogP contribution in [0.2, 0.25) is 0 Å². The minimum atomic E-state index is -0.791. The van der Waals surface area contributed by atoms with Crippen LogP contribution in [0.4, 0.5) is 0 Å². The molecule has 25 heavy (non-hydrogen) atoms. The largest absolute Gasteiger partial charge is 0.485 e. The Morgan fingerprint density at radius 3 is 2.36 bits per heavy atom. The third-order valence-electron chi connectivity index (χ3n) is 4.50. The summed E-state index contributed by atoms with van der Waals surface area (Å²) in [5.41, 5.74) is 0. The molecule has 1 aromatic carbocycles. The Morgan fingerprint density at radius 1 is 1.04 bits per heavy atom. The Morgan fingerprint density at radius 2 is 1.72 bits per heavy atom. The molecule has 0 unspecified atom stereocenters.